The summed E-state index contributed by atoms with van der Waals surface area (Å²) in [6.45, 7) is 4.56. The van der Waals surface area contributed by atoms with Crippen molar-refractivity contribution in [2.24, 2.45) is 4.99 Å². The maximum atomic E-state index is 12.3. The molecule has 0 aromatic carbocycles. The van der Waals surface area contributed by atoms with Crippen LogP contribution < -0.4 is 10.0 Å². The monoisotopic (exact) mass is 389 g/mol. The number of guanidine groups is 1. The van der Waals surface area contributed by atoms with Crippen LogP contribution in [-0.2, 0) is 19.6 Å². The van der Waals surface area contributed by atoms with E-state index in [2.05, 4.69) is 15.0 Å². The molecule has 2 saturated heterocycles. The largest absolute Gasteiger partial charge is 0.381 e. The molecule has 26 heavy (non-hydrogen) atoms. The number of carbonyl (C=O) groups is 1. The Morgan fingerprint density at radius 1 is 1.27 bits per heavy atom. The van der Waals surface area contributed by atoms with Gasteiger partial charge in [-0.15, -0.1) is 0 Å². The van der Waals surface area contributed by atoms with Crippen LogP contribution in [0.4, 0.5) is 0 Å². The molecule has 2 N–H and O–H groups in total. The van der Waals surface area contributed by atoms with E-state index in [-0.39, 0.29) is 18.5 Å². The third-order valence-electron chi connectivity index (χ3n) is 4.65. The average molecular weight is 390 g/mol. The van der Waals surface area contributed by atoms with E-state index in [1.54, 1.807) is 21.0 Å². The highest BCUT2D eigenvalue weighted by molar-refractivity contribution is 7.90. The Labute approximate surface area is 156 Å². The fourth-order valence-electron chi connectivity index (χ4n) is 3.04. The Morgan fingerprint density at radius 3 is 2.58 bits per heavy atom. The second kappa shape index (κ2) is 9.52. The molecule has 0 spiro atoms. The number of ether oxygens (including phenoxy) is 1. The maximum Gasteiger partial charge on any atom is 0.243 e. The highest BCUT2D eigenvalue weighted by Crippen LogP contribution is 2.17. The minimum absolute atomic E-state index is 0.0413. The van der Waals surface area contributed by atoms with E-state index in [1.807, 2.05) is 4.90 Å². The second-order valence-corrected chi connectivity index (χ2v) is 8.90. The number of likely N-dealkylation sites (N-methyl/N-ethyl adjacent to an activating group) is 1. The van der Waals surface area contributed by atoms with Crippen molar-refractivity contribution in [2.75, 3.05) is 53.5 Å². The lowest BCUT2D eigenvalue weighted by molar-refractivity contribution is -0.127. The summed E-state index contributed by atoms with van der Waals surface area (Å²) < 4.78 is 32.5. The molecule has 2 aliphatic heterocycles. The summed E-state index contributed by atoms with van der Waals surface area (Å²) >= 11 is 0. The highest BCUT2D eigenvalue weighted by atomic mass is 32.2. The van der Waals surface area contributed by atoms with Gasteiger partial charge in [-0.25, -0.2) is 18.1 Å². The van der Waals surface area contributed by atoms with Crippen molar-refractivity contribution in [1.29, 1.82) is 0 Å². The molecule has 1 amide bonds. The van der Waals surface area contributed by atoms with Gasteiger partial charge in [0.25, 0.3) is 0 Å². The van der Waals surface area contributed by atoms with E-state index in [1.165, 1.54) is 4.90 Å². The number of hydrogen-bond donors (Lipinski definition) is 2. The first-order chi connectivity index (χ1) is 12.3. The molecule has 0 aromatic rings. The number of nitrogens with one attached hydrogen (secondary N) is 2. The van der Waals surface area contributed by atoms with Gasteiger partial charge in [0.2, 0.25) is 15.9 Å². The van der Waals surface area contributed by atoms with Crippen LogP contribution in [0.25, 0.3) is 0 Å². The van der Waals surface area contributed by atoms with Gasteiger partial charge in [0, 0.05) is 53.0 Å². The lowest BCUT2D eigenvalue weighted by atomic mass is 10.1. The van der Waals surface area contributed by atoms with Crippen LogP contribution in [0.5, 0.6) is 0 Å². The average Bonchev–Trinajstić information content (AvgIpc) is 3.10. The summed E-state index contributed by atoms with van der Waals surface area (Å²) in [6.07, 6.45) is 2.28. The summed E-state index contributed by atoms with van der Waals surface area (Å²) in [4.78, 5) is 19.8. The minimum Gasteiger partial charge on any atom is -0.381 e. The third-order valence-corrected chi connectivity index (χ3v) is 6.60. The van der Waals surface area contributed by atoms with Crippen molar-refractivity contribution in [1.82, 2.24) is 19.8 Å². The Kier molecular flexibility index (Phi) is 7.66. The van der Waals surface area contributed by atoms with E-state index in [9.17, 15) is 13.2 Å². The molecule has 9 nitrogen and oxygen atoms in total. The molecule has 2 fully saturated rings. The van der Waals surface area contributed by atoms with E-state index >= 15 is 0 Å². The lowest BCUT2D eigenvalue weighted by Crippen LogP contribution is -2.48. The van der Waals surface area contributed by atoms with Gasteiger partial charge in [-0.05, 0) is 19.3 Å². The highest BCUT2D eigenvalue weighted by Gasteiger charge is 2.34. The first kappa shape index (κ1) is 20.9. The smallest absolute Gasteiger partial charge is 0.243 e. The van der Waals surface area contributed by atoms with Crippen LogP contribution in [0.3, 0.4) is 0 Å². The number of nitrogens with zero attached hydrogens (tertiary/aromatic N) is 3. The third kappa shape index (κ3) is 5.82. The zero-order valence-corrected chi connectivity index (χ0v) is 16.7. The molecule has 1 atom stereocenters. The molecule has 0 radical (unpaired) electrons. The normalized spacial score (nSPS) is 22.5. The molecular formula is C16H31N5O4S. The van der Waals surface area contributed by atoms with Crippen molar-refractivity contribution < 1.29 is 17.9 Å². The van der Waals surface area contributed by atoms with Crippen molar-refractivity contribution in [3.05, 3.63) is 0 Å². The van der Waals surface area contributed by atoms with Gasteiger partial charge >= 0.3 is 0 Å². The number of likely N-dealkylation sites (tertiary alicyclic amines) is 1. The van der Waals surface area contributed by atoms with Gasteiger partial charge in [0.05, 0.1) is 5.25 Å². The Hall–Kier alpha value is -1.39. The molecule has 0 bridgehead atoms. The van der Waals surface area contributed by atoms with Gasteiger partial charge < -0.3 is 19.9 Å². The van der Waals surface area contributed by atoms with Crippen molar-refractivity contribution >= 4 is 21.9 Å². The number of hydrogen-bond acceptors (Lipinski definition) is 5. The molecule has 2 aliphatic rings. The van der Waals surface area contributed by atoms with E-state index in [0.717, 1.165) is 12.8 Å². The van der Waals surface area contributed by atoms with Crippen LogP contribution in [-0.4, -0.2) is 94.9 Å². The van der Waals surface area contributed by atoms with E-state index < -0.39 is 15.3 Å². The molecule has 150 valence electrons. The molecular weight excluding hydrogens is 358 g/mol. The topological polar surface area (TPSA) is 103 Å². The summed E-state index contributed by atoms with van der Waals surface area (Å²) in [7, 11) is 0.0616. The van der Waals surface area contributed by atoms with Gasteiger partial charge in [-0.2, -0.15) is 0 Å². The summed E-state index contributed by atoms with van der Waals surface area (Å²) in [5.41, 5.74) is 0. The van der Waals surface area contributed by atoms with Crippen LogP contribution in [0, 0.1) is 0 Å². The van der Waals surface area contributed by atoms with Gasteiger partial charge in [-0.1, -0.05) is 6.92 Å². The van der Waals surface area contributed by atoms with Crippen LogP contribution in [0.15, 0.2) is 4.99 Å². The Balaban J connectivity index is 2.07. The van der Waals surface area contributed by atoms with Crippen molar-refractivity contribution in [3.8, 4) is 0 Å². The molecule has 10 heteroatoms. The molecule has 2 rings (SSSR count). The molecule has 0 aromatic heterocycles. The van der Waals surface area contributed by atoms with Crippen molar-refractivity contribution in [3.63, 3.8) is 0 Å². The van der Waals surface area contributed by atoms with E-state index in [4.69, 9.17) is 4.74 Å². The number of sulfonamides is 1. The Morgan fingerprint density at radius 2 is 1.96 bits per heavy atom. The lowest BCUT2D eigenvalue weighted by Gasteiger charge is -2.29. The Bertz CT molecular complexity index is 602. The van der Waals surface area contributed by atoms with Crippen LogP contribution in [0.1, 0.15) is 26.2 Å². The first-order valence-electron chi connectivity index (χ1n) is 9.15. The number of amides is 1. The molecule has 0 aliphatic carbocycles. The maximum absolute atomic E-state index is 12.3. The quantitative estimate of drug-likeness (QED) is 0.456. The van der Waals surface area contributed by atoms with Crippen LogP contribution >= 0.6 is 0 Å². The summed E-state index contributed by atoms with van der Waals surface area (Å²) in [5.74, 6) is 0.522. The number of rotatable bonds is 6. The van der Waals surface area contributed by atoms with E-state index in [0.29, 0.717) is 45.2 Å². The minimum atomic E-state index is -3.32. The molecule has 2 heterocycles. The van der Waals surface area contributed by atoms with Crippen molar-refractivity contribution in [2.45, 2.75) is 37.5 Å². The second-order valence-electron chi connectivity index (χ2n) is 6.86. The van der Waals surface area contributed by atoms with Gasteiger partial charge in [-0.3, -0.25) is 4.79 Å². The molecule has 0 saturated carbocycles. The predicted molar refractivity (Wildman–Crippen MR) is 101 cm³/mol. The molecule has 1 unspecified atom stereocenters. The summed E-state index contributed by atoms with van der Waals surface area (Å²) in [5, 5.41) is 2.94. The number of aliphatic imine (C=N–C) groups is 1. The fourth-order valence-corrected chi connectivity index (χ4v) is 4.47. The SMILES string of the molecule is CCNS(=O)(=O)C1CCN(C(=NCC(=O)N(C)C)NC2CCOCC2)C1. The zero-order valence-electron chi connectivity index (χ0n) is 15.9. The predicted octanol–water partition coefficient (Wildman–Crippen LogP) is -0.787. The fraction of sp³-hybridized carbons (Fsp3) is 0.875. The van der Waals surface area contributed by atoms with Crippen LogP contribution in [0.2, 0.25) is 0 Å². The summed E-state index contributed by atoms with van der Waals surface area (Å²) in [6, 6.07) is 0.224. The zero-order chi connectivity index (χ0) is 19.2. The van der Waals surface area contributed by atoms with Gasteiger partial charge in [0.15, 0.2) is 5.96 Å². The number of carbonyl (C=O) groups excluding carboxylic acids is 1. The standard InChI is InChI=1S/C16H31N5O4S/c1-4-18-26(23,24)14-5-8-21(12-14)16(17-11-15(22)20(2)3)19-13-6-9-25-10-7-13/h13-14,18H,4-12H2,1-3H3,(H,17,19). The first-order valence-corrected chi connectivity index (χ1v) is 10.7. The van der Waals surface area contributed by atoms with Gasteiger partial charge in [0.1, 0.15) is 6.54 Å².